The number of hydrogen-bond donors (Lipinski definition) is 1. The van der Waals surface area contributed by atoms with Crippen LogP contribution in [0.2, 0.25) is 0 Å². The largest absolute Gasteiger partial charge is 0.326 e. The molecule has 0 atom stereocenters. The van der Waals surface area contributed by atoms with Crippen molar-refractivity contribution in [1.29, 1.82) is 0 Å². The fraction of sp³-hybridized carbons (Fsp3) is 0.333. The fourth-order valence-corrected chi connectivity index (χ4v) is 1.68. The number of rotatable bonds is 3. The fourth-order valence-electron chi connectivity index (χ4n) is 1.10. The highest BCUT2D eigenvalue weighted by molar-refractivity contribution is 14.1. The number of nitrogens with two attached hydrogens (primary N) is 1. The number of benzene rings is 1. The van der Waals surface area contributed by atoms with Gasteiger partial charge in [-0.05, 0) is 17.5 Å². The zero-order valence-corrected chi connectivity index (χ0v) is 8.54. The summed E-state index contributed by atoms with van der Waals surface area (Å²) in [5.74, 6) is 0. The lowest BCUT2D eigenvalue weighted by Gasteiger charge is -2.04. The highest BCUT2D eigenvalue weighted by Gasteiger charge is 1.96. The van der Waals surface area contributed by atoms with Crippen LogP contribution in [0.15, 0.2) is 24.3 Å². The van der Waals surface area contributed by atoms with Gasteiger partial charge in [0.25, 0.3) is 0 Å². The molecular weight excluding hydrogens is 249 g/mol. The van der Waals surface area contributed by atoms with Gasteiger partial charge in [0.2, 0.25) is 0 Å². The van der Waals surface area contributed by atoms with Gasteiger partial charge in [-0.25, -0.2) is 0 Å². The smallest absolute Gasteiger partial charge is 0.0180 e. The van der Waals surface area contributed by atoms with E-state index in [2.05, 4.69) is 40.8 Å². The molecule has 0 aliphatic rings. The van der Waals surface area contributed by atoms with Crippen LogP contribution < -0.4 is 5.73 Å². The predicted octanol–water partition coefficient (Wildman–Crippen LogP) is 2.12. The lowest BCUT2D eigenvalue weighted by atomic mass is 10.1. The molecule has 0 saturated carbocycles. The van der Waals surface area contributed by atoms with Crippen molar-refractivity contribution in [2.75, 3.05) is 4.43 Å². The highest BCUT2D eigenvalue weighted by atomic mass is 127. The first kappa shape index (κ1) is 9.00. The second kappa shape index (κ2) is 4.72. The second-order valence-corrected chi connectivity index (χ2v) is 3.49. The first-order valence-electron chi connectivity index (χ1n) is 3.71. The highest BCUT2D eigenvalue weighted by Crippen LogP contribution is 2.09. The molecule has 0 heterocycles. The van der Waals surface area contributed by atoms with E-state index in [0.29, 0.717) is 6.54 Å². The monoisotopic (exact) mass is 261 g/mol. The van der Waals surface area contributed by atoms with E-state index < -0.39 is 0 Å². The molecular formula is C9H12IN. The van der Waals surface area contributed by atoms with Gasteiger partial charge in [0.15, 0.2) is 0 Å². The molecule has 0 aliphatic heterocycles. The average Bonchev–Trinajstić information content (AvgIpc) is 2.06. The maximum Gasteiger partial charge on any atom is 0.0180 e. The van der Waals surface area contributed by atoms with E-state index in [1.54, 1.807) is 0 Å². The predicted molar refractivity (Wildman–Crippen MR) is 56.9 cm³/mol. The molecule has 0 aliphatic carbocycles. The Bertz CT molecular complexity index is 223. The van der Waals surface area contributed by atoms with Crippen LogP contribution in [-0.2, 0) is 13.0 Å². The summed E-state index contributed by atoms with van der Waals surface area (Å²) in [6.07, 6.45) is 1.13. The molecule has 1 aromatic carbocycles. The standard InChI is InChI=1S/C9H12IN/c10-6-5-8-3-1-2-4-9(8)7-11/h1-4H,5-7,11H2. The summed E-state index contributed by atoms with van der Waals surface area (Å²) in [5, 5.41) is 0. The Labute approximate surface area is 81.1 Å². The average molecular weight is 261 g/mol. The molecule has 2 N–H and O–H groups in total. The van der Waals surface area contributed by atoms with Crippen LogP contribution in [0, 0.1) is 0 Å². The Morgan fingerprint density at radius 1 is 1.18 bits per heavy atom. The van der Waals surface area contributed by atoms with Crippen LogP contribution in [0.5, 0.6) is 0 Å². The van der Waals surface area contributed by atoms with E-state index in [9.17, 15) is 0 Å². The van der Waals surface area contributed by atoms with Crippen molar-refractivity contribution in [2.45, 2.75) is 13.0 Å². The van der Waals surface area contributed by atoms with Crippen molar-refractivity contribution >= 4 is 22.6 Å². The molecule has 0 aromatic heterocycles. The zero-order chi connectivity index (χ0) is 8.10. The minimum atomic E-state index is 0.660. The van der Waals surface area contributed by atoms with Gasteiger partial charge >= 0.3 is 0 Å². The van der Waals surface area contributed by atoms with Crippen molar-refractivity contribution in [3.8, 4) is 0 Å². The van der Waals surface area contributed by atoms with Crippen molar-refractivity contribution in [3.05, 3.63) is 35.4 Å². The zero-order valence-electron chi connectivity index (χ0n) is 6.39. The topological polar surface area (TPSA) is 26.0 Å². The van der Waals surface area contributed by atoms with Crippen LogP contribution >= 0.6 is 22.6 Å². The Morgan fingerprint density at radius 2 is 1.82 bits per heavy atom. The molecule has 0 unspecified atom stereocenters. The Morgan fingerprint density at radius 3 is 2.36 bits per heavy atom. The maximum absolute atomic E-state index is 5.58. The second-order valence-electron chi connectivity index (χ2n) is 2.41. The van der Waals surface area contributed by atoms with E-state index in [-0.39, 0.29) is 0 Å². The minimum Gasteiger partial charge on any atom is -0.326 e. The van der Waals surface area contributed by atoms with Crippen molar-refractivity contribution in [1.82, 2.24) is 0 Å². The van der Waals surface area contributed by atoms with Gasteiger partial charge in [0, 0.05) is 11.0 Å². The summed E-state index contributed by atoms with van der Waals surface area (Å²) >= 11 is 2.38. The van der Waals surface area contributed by atoms with Gasteiger partial charge in [-0.1, -0.05) is 46.9 Å². The van der Waals surface area contributed by atoms with Crippen LogP contribution in [0.1, 0.15) is 11.1 Å². The molecule has 0 amide bonds. The minimum absolute atomic E-state index is 0.660. The van der Waals surface area contributed by atoms with Crippen molar-refractivity contribution in [3.63, 3.8) is 0 Å². The third-order valence-electron chi connectivity index (χ3n) is 1.70. The molecule has 1 nitrogen and oxygen atoms in total. The van der Waals surface area contributed by atoms with Gasteiger partial charge in [-0.2, -0.15) is 0 Å². The summed E-state index contributed by atoms with van der Waals surface area (Å²) in [4.78, 5) is 0. The van der Waals surface area contributed by atoms with Crippen molar-refractivity contribution in [2.24, 2.45) is 5.73 Å². The third-order valence-corrected chi connectivity index (χ3v) is 2.24. The van der Waals surface area contributed by atoms with Crippen LogP contribution in [-0.4, -0.2) is 4.43 Å². The Kier molecular flexibility index (Phi) is 3.86. The lowest BCUT2D eigenvalue weighted by Crippen LogP contribution is -2.01. The van der Waals surface area contributed by atoms with E-state index in [1.807, 2.05) is 6.07 Å². The molecule has 0 fully saturated rings. The number of alkyl halides is 1. The molecule has 1 rings (SSSR count). The molecule has 11 heavy (non-hydrogen) atoms. The van der Waals surface area contributed by atoms with E-state index in [1.165, 1.54) is 11.1 Å². The first-order chi connectivity index (χ1) is 5.38. The quantitative estimate of drug-likeness (QED) is 0.654. The van der Waals surface area contributed by atoms with Crippen molar-refractivity contribution < 1.29 is 0 Å². The Balaban J connectivity index is 2.83. The van der Waals surface area contributed by atoms with E-state index in [4.69, 9.17) is 5.73 Å². The summed E-state index contributed by atoms with van der Waals surface area (Å²) < 4.78 is 1.16. The first-order valence-corrected chi connectivity index (χ1v) is 5.24. The molecule has 0 saturated heterocycles. The summed E-state index contributed by atoms with van der Waals surface area (Å²) in [5.41, 5.74) is 8.25. The molecule has 0 bridgehead atoms. The molecule has 0 spiro atoms. The molecule has 0 radical (unpaired) electrons. The summed E-state index contributed by atoms with van der Waals surface area (Å²) in [7, 11) is 0. The SMILES string of the molecule is NCc1ccccc1CCI. The molecule has 1 aromatic rings. The van der Waals surface area contributed by atoms with Gasteiger partial charge in [-0.15, -0.1) is 0 Å². The Hall–Kier alpha value is -0.0900. The normalized spacial score (nSPS) is 10.0. The maximum atomic E-state index is 5.58. The number of hydrogen-bond acceptors (Lipinski definition) is 1. The summed E-state index contributed by atoms with van der Waals surface area (Å²) in [6.45, 7) is 0.660. The van der Waals surface area contributed by atoms with Crippen LogP contribution in [0.25, 0.3) is 0 Å². The van der Waals surface area contributed by atoms with Gasteiger partial charge < -0.3 is 5.73 Å². The van der Waals surface area contributed by atoms with Crippen LogP contribution in [0.4, 0.5) is 0 Å². The lowest BCUT2D eigenvalue weighted by molar-refractivity contribution is 1.01. The van der Waals surface area contributed by atoms with Gasteiger partial charge in [0.05, 0.1) is 0 Å². The summed E-state index contributed by atoms with van der Waals surface area (Å²) in [6, 6.07) is 8.36. The van der Waals surface area contributed by atoms with Gasteiger partial charge in [0.1, 0.15) is 0 Å². The van der Waals surface area contributed by atoms with Crippen LogP contribution in [0.3, 0.4) is 0 Å². The third kappa shape index (κ3) is 2.45. The number of aryl methyl sites for hydroxylation is 1. The molecule has 60 valence electrons. The van der Waals surface area contributed by atoms with Gasteiger partial charge in [-0.3, -0.25) is 0 Å². The van der Waals surface area contributed by atoms with E-state index in [0.717, 1.165) is 10.8 Å². The number of halogens is 1. The molecule has 2 heteroatoms. The van der Waals surface area contributed by atoms with E-state index >= 15 is 0 Å².